The highest BCUT2D eigenvalue weighted by atomic mass is 32.2. The van der Waals surface area contributed by atoms with Gasteiger partial charge < -0.3 is 4.74 Å². The molecular formula is C9H9F3O3S. The highest BCUT2D eigenvalue weighted by Crippen LogP contribution is 2.23. The van der Waals surface area contributed by atoms with Crippen LogP contribution in [0.2, 0.25) is 0 Å². The number of hydrogen-bond donors (Lipinski definition) is 0. The molecule has 0 heterocycles. The molecule has 0 unspecified atom stereocenters. The molecule has 1 aromatic carbocycles. The Morgan fingerprint density at radius 1 is 1.19 bits per heavy atom. The fraction of sp³-hybridized carbons (Fsp3) is 0.333. The minimum absolute atomic E-state index is 0.209. The molecule has 0 fully saturated rings. The summed E-state index contributed by atoms with van der Waals surface area (Å²) in [4.78, 5) is 0. The van der Waals surface area contributed by atoms with Gasteiger partial charge in [-0.15, -0.1) is 13.2 Å². The fourth-order valence-electron chi connectivity index (χ4n) is 1.09. The molecule has 0 aliphatic carbocycles. The highest BCUT2D eigenvalue weighted by Gasteiger charge is 2.30. The minimum atomic E-state index is -4.74. The maximum atomic E-state index is 11.8. The van der Waals surface area contributed by atoms with Gasteiger partial charge >= 0.3 is 6.36 Å². The van der Waals surface area contributed by atoms with Crippen LogP contribution in [0, 0.1) is 0 Å². The van der Waals surface area contributed by atoms with E-state index >= 15 is 0 Å². The molecule has 16 heavy (non-hydrogen) atoms. The SMILES string of the molecule is CS(=O)(=O)Cc1ccc(OC(F)(F)F)cc1. The Labute approximate surface area is 90.8 Å². The van der Waals surface area contributed by atoms with Crippen molar-refractivity contribution in [3.63, 3.8) is 0 Å². The Morgan fingerprint density at radius 3 is 2.06 bits per heavy atom. The van der Waals surface area contributed by atoms with Gasteiger partial charge in [0, 0.05) is 6.26 Å². The van der Waals surface area contributed by atoms with Crippen LogP contribution in [0.15, 0.2) is 24.3 Å². The summed E-state index contributed by atoms with van der Waals surface area (Å²) in [6.45, 7) is 0. The van der Waals surface area contributed by atoms with Gasteiger partial charge in [-0.25, -0.2) is 8.42 Å². The molecular weight excluding hydrogens is 245 g/mol. The second kappa shape index (κ2) is 4.32. The number of hydrogen-bond acceptors (Lipinski definition) is 3. The number of rotatable bonds is 3. The summed E-state index contributed by atoms with van der Waals surface area (Å²) < 4.78 is 60.8. The van der Waals surface area contributed by atoms with Crippen LogP contribution >= 0.6 is 0 Å². The summed E-state index contributed by atoms with van der Waals surface area (Å²) >= 11 is 0. The Hall–Kier alpha value is -1.24. The maximum Gasteiger partial charge on any atom is 0.573 e. The smallest absolute Gasteiger partial charge is 0.406 e. The molecule has 0 amide bonds. The van der Waals surface area contributed by atoms with Crippen molar-refractivity contribution < 1.29 is 26.3 Å². The molecule has 0 bridgehead atoms. The van der Waals surface area contributed by atoms with E-state index in [0.717, 1.165) is 18.4 Å². The van der Waals surface area contributed by atoms with Crippen molar-refractivity contribution >= 4 is 9.84 Å². The van der Waals surface area contributed by atoms with Gasteiger partial charge in [0.15, 0.2) is 9.84 Å². The Bertz CT molecular complexity index is 448. The van der Waals surface area contributed by atoms with Crippen LogP contribution in [0.3, 0.4) is 0 Å². The summed E-state index contributed by atoms with van der Waals surface area (Å²) in [7, 11) is -3.19. The number of ether oxygens (including phenoxy) is 1. The molecule has 90 valence electrons. The zero-order valence-corrected chi connectivity index (χ0v) is 9.10. The van der Waals surface area contributed by atoms with E-state index in [2.05, 4.69) is 4.74 Å². The van der Waals surface area contributed by atoms with Crippen molar-refractivity contribution in [2.24, 2.45) is 0 Å². The summed E-state index contributed by atoms with van der Waals surface area (Å²) in [5.74, 6) is -0.580. The zero-order chi connectivity index (χ0) is 12.4. The molecule has 0 aliphatic heterocycles. The Morgan fingerprint density at radius 2 is 1.69 bits per heavy atom. The zero-order valence-electron chi connectivity index (χ0n) is 8.28. The van der Waals surface area contributed by atoms with E-state index in [1.807, 2.05) is 0 Å². The van der Waals surface area contributed by atoms with E-state index < -0.39 is 16.2 Å². The van der Waals surface area contributed by atoms with Gasteiger partial charge in [-0.3, -0.25) is 0 Å². The third-order valence-corrected chi connectivity index (χ3v) is 2.44. The largest absolute Gasteiger partial charge is 0.573 e. The van der Waals surface area contributed by atoms with Gasteiger partial charge in [-0.2, -0.15) is 0 Å². The fourth-order valence-corrected chi connectivity index (χ4v) is 1.89. The first kappa shape index (κ1) is 12.8. The maximum absolute atomic E-state index is 11.8. The molecule has 0 saturated heterocycles. The summed E-state index contributed by atoms with van der Waals surface area (Å²) in [5, 5.41) is 0. The topological polar surface area (TPSA) is 43.4 Å². The average molecular weight is 254 g/mol. The van der Waals surface area contributed by atoms with Crippen LogP contribution in [0.5, 0.6) is 5.75 Å². The lowest BCUT2D eigenvalue weighted by Crippen LogP contribution is -2.17. The van der Waals surface area contributed by atoms with Gasteiger partial charge in [0.25, 0.3) is 0 Å². The second-order valence-electron chi connectivity index (χ2n) is 3.26. The van der Waals surface area contributed by atoms with E-state index in [1.54, 1.807) is 0 Å². The number of sulfone groups is 1. The Kier molecular flexibility index (Phi) is 3.47. The molecule has 0 aliphatic rings. The molecule has 7 heteroatoms. The second-order valence-corrected chi connectivity index (χ2v) is 5.40. The molecule has 1 rings (SSSR count). The van der Waals surface area contributed by atoms with Gasteiger partial charge in [0.2, 0.25) is 0 Å². The lowest BCUT2D eigenvalue weighted by atomic mass is 10.2. The van der Waals surface area contributed by atoms with Crippen LogP contribution < -0.4 is 4.74 Å². The lowest BCUT2D eigenvalue weighted by molar-refractivity contribution is -0.274. The first-order valence-electron chi connectivity index (χ1n) is 4.18. The lowest BCUT2D eigenvalue weighted by Gasteiger charge is -2.08. The standard InChI is InChI=1S/C9H9F3O3S/c1-16(13,14)6-7-2-4-8(5-3-7)15-9(10,11)12/h2-5H,6H2,1H3. The number of benzene rings is 1. The van der Waals surface area contributed by atoms with Crippen molar-refractivity contribution in [1.82, 2.24) is 0 Å². The van der Waals surface area contributed by atoms with Crippen molar-refractivity contribution in [2.45, 2.75) is 12.1 Å². The van der Waals surface area contributed by atoms with E-state index in [9.17, 15) is 21.6 Å². The van der Waals surface area contributed by atoms with Gasteiger partial charge in [-0.05, 0) is 17.7 Å². The predicted octanol–water partition coefficient (Wildman–Crippen LogP) is 2.13. The van der Waals surface area contributed by atoms with E-state index in [-0.39, 0.29) is 11.5 Å². The van der Waals surface area contributed by atoms with E-state index in [0.29, 0.717) is 5.56 Å². The first-order valence-corrected chi connectivity index (χ1v) is 6.24. The number of halogens is 3. The van der Waals surface area contributed by atoms with Crippen molar-refractivity contribution in [3.05, 3.63) is 29.8 Å². The molecule has 3 nitrogen and oxygen atoms in total. The number of alkyl halides is 3. The molecule has 0 radical (unpaired) electrons. The highest BCUT2D eigenvalue weighted by molar-refractivity contribution is 7.89. The van der Waals surface area contributed by atoms with Crippen molar-refractivity contribution in [1.29, 1.82) is 0 Å². The van der Waals surface area contributed by atoms with Crippen LogP contribution in [0.4, 0.5) is 13.2 Å². The molecule has 0 aromatic heterocycles. The van der Waals surface area contributed by atoms with Crippen LogP contribution in [-0.2, 0) is 15.6 Å². The van der Waals surface area contributed by atoms with Gasteiger partial charge in [0.05, 0.1) is 5.75 Å². The monoisotopic (exact) mass is 254 g/mol. The quantitative estimate of drug-likeness (QED) is 0.829. The summed E-state index contributed by atoms with van der Waals surface area (Å²) in [6, 6.07) is 4.71. The average Bonchev–Trinajstić information content (AvgIpc) is 2.03. The minimum Gasteiger partial charge on any atom is -0.406 e. The van der Waals surface area contributed by atoms with Crippen LogP contribution in [-0.4, -0.2) is 21.0 Å². The third-order valence-electron chi connectivity index (χ3n) is 1.59. The van der Waals surface area contributed by atoms with Crippen molar-refractivity contribution in [2.75, 3.05) is 6.26 Å². The van der Waals surface area contributed by atoms with Gasteiger partial charge in [0.1, 0.15) is 5.75 Å². The molecule has 0 N–H and O–H groups in total. The molecule has 1 aromatic rings. The summed E-state index contributed by atoms with van der Waals surface area (Å²) in [5.41, 5.74) is 0.414. The van der Waals surface area contributed by atoms with E-state index in [4.69, 9.17) is 0 Å². The molecule has 0 saturated carbocycles. The summed E-state index contributed by atoms with van der Waals surface area (Å²) in [6.07, 6.45) is -3.69. The molecule has 0 atom stereocenters. The van der Waals surface area contributed by atoms with Crippen LogP contribution in [0.1, 0.15) is 5.56 Å². The normalized spacial score (nSPS) is 12.5. The predicted molar refractivity (Wildman–Crippen MR) is 51.7 cm³/mol. The van der Waals surface area contributed by atoms with Crippen LogP contribution in [0.25, 0.3) is 0 Å². The molecule has 0 spiro atoms. The van der Waals surface area contributed by atoms with E-state index in [1.165, 1.54) is 12.1 Å². The third kappa shape index (κ3) is 5.01. The van der Waals surface area contributed by atoms with Gasteiger partial charge in [-0.1, -0.05) is 12.1 Å². The van der Waals surface area contributed by atoms with Crippen molar-refractivity contribution in [3.8, 4) is 5.75 Å². The first-order chi connectivity index (χ1) is 7.16. The Balaban J connectivity index is 2.76.